The number of halogens is 5. The Kier molecular flexibility index (Phi) is 2.57. The molecule has 0 saturated heterocycles. The lowest BCUT2D eigenvalue weighted by molar-refractivity contribution is -0.282. The van der Waals surface area contributed by atoms with E-state index < -0.39 is 36.3 Å². The van der Waals surface area contributed by atoms with E-state index in [1.165, 1.54) is 6.92 Å². The highest BCUT2D eigenvalue weighted by atomic mass is 19.3. The highest BCUT2D eigenvalue weighted by Gasteiger charge is 2.67. The fourth-order valence-electron chi connectivity index (χ4n) is 1.87. The van der Waals surface area contributed by atoms with Gasteiger partial charge >= 0.3 is 11.8 Å². The molecule has 1 rings (SSSR count). The van der Waals surface area contributed by atoms with Gasteiger partial charge in [-0.05, 0) is 12.8 Å². The van der Waals surface area contributed by atoms with Crippen LogP contribution in [0.15, 0.2) is 0 Å². The van der Waals surface area contributed by atoms with E-state index in [2.05, 4.69) is 0 Å². The summed E-state index contributed by atoms with van der Waals surface area (Å²) in [6.07, 6.45) is -1.72. The van der Waals surface area contributed by atoms with Crippen molar-refractivity contribution in [2.75, 3.05) is 0 Å². The van der Waals surface area contributed by atoms with Gasteiger partial charge in [-0.2, -0.15) is 17.6 Å². The molecule has 0 aromatic rings. The van der Waals surface area contributed by atoms with E-state index in [1.54, 1.807) is 0 Å². The van der Waals surface area contributed by atoms with Gasteiger partial charge < -0.3 is 0 Å². The van der Waals surface area contributed by atoms with Gasteiger partial charge in [-0.25, -0.2) is 4.39 Å². The Morgan fingerprint density at radius 3 is 2.00 bits per heavy atom. The van der Waals surface area contributed by atoms with E-state index in [1.807, 2.05) is 0 Å². The summed E-state index contributed by atoms with van der Waals surface area (Å²) >= 11 is 0. The van der Waals surface area contributed by atoms with Crippen LogP contribution in [0.1, 0.15) is 33.1 Å². The van der Waals surface area contributed by atoms with Gasteiger partial charge in [0.25, 0.3) is 0 Å². The minimum absolute atomic E-state index is 0.153. The molecule has 1 fully saturated rings. The molecule has 2 atom stereocenters. The second kappa shape index (κ2) is 3.07. The van der Waals surface area contributed by atoms with E-state index in [-0.39, 0.29) is 6.42 Å². The topological polar surface area (TPSA) is 0 Å². The van der Waals surface area contributed by atoms with Gasteiger partial charge in [0, 0.05) is 6.42 Å². The molecule has 84 valence electrons. The Morgan fingerprint density at radius 1 is 1.07 bits per heavy atom. The van der Waals surface area contributed by atoms with Crippen LogP contribution in [-0.2, 0) is 0 Å². The van der Waals surface area contributed by atoms with Crippen molar-refractivity contribution < 1.29 is 22.0 Å². The van der Waals surface area contributed by atoms with Crippen LogP contribution in [0.3, 0.4) is 0 Å². The molecule has 0 amide bonds. The maximum absolute atomic E-state index is 13.7. The zero-order valence-electron chi connectivity index (χ0n) is 8.09. The fourth-order valence-corrected chi connectivity index (χ4v) is 1.87. The third-order valence-corrected chi connectivity index (χ3v) is 3.25. The van der Waals surface area contributed by atoms with Crippen LogP contribution in [0.4, 0.5) is 22.0 Å². The van der Waals surface area contributed by atoms with E-state index in [0.29, 0.717) is 0 Å². The Balaban J connectivity index is 3.01. The monoisotopic (exact) mass is 216 g/mol. The smallest absolute Gasteiger partial charge is 0.243 e. The van der Waals surface area contributed by atoms with Crippen molar-refractivity contribution in [3.63, 3.8) is 0 Å². The molecule has 0 bridgehead atoms. The SMILES string of the molecule is CCC1(F)CCC(F)(F)C(F)(F)C1C. The van der Waals surface area contributed by atoms with Crippen molar-refractivity contribution in [1.82, 2.24) is 0 Å². The average Bonchev–Trinajstić information content (AvgIpc) is 2.11. The summed E-state index contributed by atoms with van der Waals surface area (Å²) in [4.78, 5) is 0. The summed E-state index contributed by atoms with van der Waals surface area (Å²) < 4.78 is 65.4. The zero-order chi connectivity index (χ0) is 11.2. The second-order valence-corrected chi connectivity index (χ2v) is 3.94. The highest BCUT2D eigenvalue weighted by molar-refractivity contribution is 5.03. The third kappa shape index (κ3) is 1.41. The normalized spacial score (nSPS) is 40.9. The fraction of sp³-hybridized carbons (Fsp3) is 1.00. The lowest BCUT2D eigenvalue weighted by Gasteiger charge is -2.44. The van der Waals surface area contributed by atoms with E-state index >= 15 is 0 Å². The number of hydrogen-bond acceptors (Lipinski definition) is 0. The predicted molar refractivity (Wildman–Crippen MR) is 42.4 cm³/mol. The maximum atomic E-state index is 13.7. The largest absolute Gasteiger partial charge is 0.315 e. The van der Waals surface area contributed by atoms with Crippen molar-refractivity contribution in [2.24, 2.45) is 5.92 Å². The quantitative estimate of drug-likeness (QED) is 0.585. The Morgan fingerprint density at radius 2 is 1.57 bits per heavy atom. The molecule has 2 unspecified atom stereocenters. The highest BCUT2D eigenvalue weighted by Crippen LogP contribution is 2.54. The molecule has 1 saturated carbocycles. The first-order valence-corrected chi connectivity index (χ1v) is 4.62. The standard InChI is InChI=1S/C9H13F5/c1-3-7(10)4-5-8(11,12)9(13,14)6(7)2/h6H,3-5H2,1-2H3. The minimum Gasteiger partial charge on any atom is -0.243 e. The molecule has 0 heterocycles. The summed E-state index contributed by atoms with van der Waals surface area (Å²) in [7, 11) is 0. The third-order valence-electron chi connectivity index (χ3n) is 3.25. The molecular weight excluding hydrogens is 203 g/mol. The van der Waals surface area contributed by atoms with E-state index in [9.17, 15) is 22.0 Å². The first kappa shape index (κ1) is 11.7. The summed E-state index contributed by atoms with van der Waals surface area (Å²) in [5.74, 6) is -10.2. The van der Waals surface area contributed by atoms with Gasteiger partial charge in [-0.1, -0.05) is 13.8 Å². The van der Waals surface area contributed by atoms with Crippen molar-refractivity contribution in [3.05, 3.63) is 0 Å². The molecule has 5 heteroatoms. The van der Waals surface area contributed by atoms with Gasteiger partial charge in [-0.15, -0.1) is 0 Å². The first-order chi connectivity index (χ1) is 6.17. The summed E-state index contributed by atoms with van der Waals surface area (Å²) in [5.41, 5.74) is -2.16. The van der Waals surface area contributed by atoms with Gasteiger partial charge in [0.2, 0.25) is 0 Å². The Hall–Kier alpha value is -0.350. The summed E-state index contributed by atoms with van der Waals surface area (Å²) in [5, 5.41) is 0. The van der Waals surface area contributed by atoms with Crippen LogP contribution in [0, 0.1) is 5.92 Å². The molecule has 0 nitrogen and oxygen atoms in total. The number of alkyl halides is 5. The first-order valence-electron chi connectivity index (χ1n) is 4.62. The van der Waals surface area contributed by atoms with E-state index in [4.69, 9.17) is 0 Å². The molecule has 1 aliphatic rings. The molecule has 0 radical (unpaired) electrons. The zero-order valence-corrected chi connectivity index (χ0v) is 8.09. The minimum atomic E-state index is -4.24. The molecule has 0 aliphatic heterocycles. The van der Waals surface area contributed by atoms with Crippen molar-refractivity contribution in [3.8, 4) is 0 Å². The van der Waals surface area contributed by atoms with Crippen LogP contribution in [0.2, 0.25) is 0 Å². The molecule has 0 spiro atoms. The molecular formula is C9H13F5. The lowest BCUT2D eigenvalue weighted by Crippen LogP contribution is -2.57. The predicted octanol–water partition coefficient (Wildman–Crippen LogP) is 3.81. The molecule has 0 aromatic carbocycles. The average molecular weight is 216 g/mol. The van der Waals surface area contributed by atoms with Crippen LogP contribution in [0.5, 0.6) is 0 Å². The van der Waals surface area contributed by atoms with Crippen molar-refractivity contribution >= 4 is 0 Å². The second-order valence-electron chi connectivity index (χ2n) is 3.94. The van der Waals surface area contributed by atoms with Crippen LogP contribution in [0.25, 0.3) is 0 Å². The van der Waals surface area contributed by atoms with Crippen LogP contribution in [-0.4, -0.2) is 17.5 Å². The molecule has 0 aromatic heterocycles. The van der Waals surface area contributed by atoms with Crippen LogP contribution < -0.4 is 0 Å². The van der Waals surface area contributed by atoms with Crippen molar-refractivity contribution in [2.45, 2.75) is 50.6 Å². The summed E-state index contributed by atoms with van der Waals surface area (Å²) in [6.45, 7) is 2.26. The molecule has 1 aliphatic carbocycles. The Bertz CT molecular complexity index is 225. The van der Waals surface area contributed by atoms with Gasteiger partial charge in [0.1, 0.15) is 5.67 Å². The number of hydrogen-bond donors (Lipinski definition) is 0. The van der Waals surface area contributed by atoms with Crippen molar-refractivity contribution in [1.29, 1.82) is 0 Å². The van der Waals surface area contributed by atoms with Gasteiger partial charge in [0.05, 0.1) is 5.92 Å². The molecule has 14 heavy (non-hydrogen) atoms. The summed E-state index contributed by atoms with van der Waals surface area (Å²) in [6, 6.07) is 0. The lowest BCUT2D eigenvalue weighted by atomic mass is 9.72. The van der Waals surface area contributed by atoms with E-state index in [0.717, 1.165) is 6.92 Å². The number of rotatable bonds is 1. The molecule has 0 N–H and O–H groups in total. The van der Waals surface area contributed by atoms with Crippen LogP contribution >= 0.6 is 0 Å². The Labute approximate surface area is 79.5 Å². The van der Waals surface area contributed by atoms with Gasteiger partial charge in [-0.3, -0.25) is 0 Å². The van der Waals surface area contributed by atoms with Gasteiger partial charge in [0.15, 0.2) is 0 Å². The maximum Gasteiger partial charge on any atom is 0.315 e.